The van der Waals surface area contributed by atoms with Gasteiger partial charge in [-0.25, -0.2) is 0 Å². The third-order valence-corrected chi connectivity index (χ3v) is 5.22. The van der Waals surface area contributed by atoms with Crippen LogP contribution in [0.25, 0.3) is 0 Å². The van der Waals surface area contributed by atoms with Crippen LogP contribution in [0.15, 0.2) is 30.0 Å². The molecule has 0 saturated carbocycles. The van der Waals surface area contributed by atoms with E-state index < -0.39 is 29.1 Å². The standard InChI is InChI=1S/C17H23NO6/c1-18-7-6-16(9-11(19)14(20)17(21,22)15(16)18)10-4-5-12(23-2)13(8-10)24-3/h4-5,8-9,14-15,19-22H,6-7H2,1-3H3/t14?,15?,16-/m1/s1. The zero-order valence-corrected chi connectivity index (χ0v) is 13.9. The first-order valence-electron chi connectivity index (χ1n) is 7.75. The summed E-state index contributed by atoms with van der Waals surface area (Å²) in [5, 5.41) is 41.2. The average molecular weight is 337 g/mol. The average Bonchev–Trinajstić information content (AvgIpc) is 2.90. The molecule has 0 spiro atoms. The molecule has 2 aliphatic rings. The number of likely N-dealkylation sites (N-methyl/N-ethyl adjacent to an activating group) is 1. The monoisotopic (exact) mass is 337 g/mol. The predicted molar refractivity (Wildman–Crippen MR) is 86.1 cm³/mol. The van der Waals surface area contributed by atoms with Crippen LogP contribution in [0.2, 0.25) is 0 Å². The minimum absolute atomic E-state index is 0.443. The van der Waals surface area contributed by atoms with Gasteiger partial charge in [0.25, 0.3) is 0 Å². The smallest absolute Gasteiger partial charge is 0.214 e. The third-order valence-electron chi connectivity index (χ3n) is 5.22. The van der Waals surface area contributed by atoms with Gasteiger partial charge in [-0.1, -0.05) is 6.07 Å². The maximum absolute atomic E-state index is 10.5. The van der Waals surface area contributed by atoms with Crippen molar-refractivity contribution < 1.29 is 29.9 Å². The van der Waals surface area contributed by atoms with E-state index in [1.165, 1.54) is 20.3 Å². The first-order valence-corrected chi connectivity index (χ1v) is 7.75. The van der Waals surface area contributed by atoms with Crippen LogP contribution < -0.4 is 9.47 Å². The van der Waals surface area contributed by atoms with Gasteiger partial charge in [0.2, 0.25) is 5.79 Å². The molecule has 1 aliphatic heterocycles. The van der Waals surface area contributed by atoms with E-state index in [2.05, 4.69) is 0 Å². The Labute approximate surface area is 140 Å². The summed E-state index contributed by atoms with van der Waals surface area (Å²) >= 11 is 0. The fourth-order valence-corrected chi connectivity index (χ4v) is 4.10. The summed E-state index contributed by atoms with van der Waals surface area (Å²) in [7, 11) is 4.83. The summed E-state index contributed by atoms with van der Waals surface area (Å²) in [4.78, 5) is 1.78. The second-order valence-corrected chi connectivity index (χ2v) is 6.50. The number of likely N-dealkylation sites (tertiary alicyclic amines) is 1. The number of ether oxygens (including phenoxy) is 2. The van der Waals surface area contributed by atoms with Crippen molar-refractivity contribution >= 4 is 0 Å². The second-order valence-electron chi connectivity index (χ2n) is 6.50. The molecule has 132 valence electrons. The predicted octanol–water partition coefficient (Wildman–Crippen LogP) is 0.143. The van der Waals surface area contributed by atoms with Crippen molar-refractivity contribution in [2.24, 2.45) is 0 Å². The van der Waals surface area contributed by atoms with Crippen molar-refractivity contribution in [3.05, 3.63) is 35.6 Å². The molecule has 1 aromatic carbocycles. The highest BCUT2D eigenvalue weighted by Gasteiger charge is 2.62. The molecule has 2 unspecified atom stereocenters. The lowest BCUT2D eigenvalue weighted by molar-refractivity contribution is -0.262. The maximum atomic E-state index is 10.5. The lowest BCUT2D eigenvalue weighted by atomic mass is 9.66. The number of aliphatic hydroxyl groups excluding tert-OH is 2. The SMILES string of the molecule is COc1ccc([C@@]23C=C(O)C(O)C(O)(O)C2N(C)CC3)cc1OC. The van der Waals surface area contributed by atoms with Crippen LogP contribution in [0.4, 0.5) is 0 Å². The molecule has 24 heavy (non-hydrogen) atoms. The first-order chi connectivity index (χ1) is 11.3. The Morgan fingerprint density at radius 3 is 2.46 bits per heavy atom. The molecule has 4 N–H and O–H groups in total. The number of methoxy groups -OCH3 is 2. The fourth-order valence-electron chi connectivity index (χ4n) is 4.10. The van der Waals surface area contributed by atoms with Gasteiger partial charge in [0.1, 0.15) is 5.76 Å². The quantitative estimate of drug-likeness (QED) is 0.582. The Balaban J connectivity index is 2.20. The van der Waals surface area contributed by atoms with Crippen LogP contribution in [-0.4, -0.2) is 71.1 Å². The molecule has 3 rings (SSSR count). The van der Waals surface area contributed by atoms with Crippen LogP contribution >= 0.6 is 0 Å². The van der Waals surface area contributed by atoms with Crippen LogP contribution in [-0.2, 0) is 5.41 Å². The second kappa shape index (κ2) is 5.63. The summed E-state index contributed by atoms with van der Waals surface area (Å²) < 4.78 is 10.6. The minimum Gasteiger partial charge on any atom is -0.510 e. The molecule has 1 fully saturated rings. The lowest BCUT2D eigenvalue weighted by Gasteiger charge is -2.48. The highest BCUT2D eigenvalue weighted by molar-refractivity contribution is 5.50. The highest BCUT2D eigenvalue weighted by atomic mass is 16.5. The summed E-state index contributed by atoms with van der Waals surface area (Å²) in [6.07, 6.45) is 0.331. The van der Waals surface area contributed by atoms with E-state index in [1.54, 1.807) is 24.1 Å². The molecular formula is C17H23NO6. The molecule has 7 nitrogen and oxygen atoms in total. The molecule has 0 amide bonds. The van der Waals surface area contributed by atoms with Gasteiger partial charge in [0.15, 0.2) is 17.6 Å². The minimum atomic E-state index is -2.47. The lowest BCUT2D eigenvalue weighted by Crippen LogP contribution is -2.65. The van der Waals surface area contributed by atoms with Gasteiger partial charge in [0, 0.05) is 5.41 Å². The largest absolute Gasteiger partial charge is 0.510 e. The van der Waals surface area contributed by atoms with Crippen LogP contribution in [0.5, 0.6) is 11.5 Å². The molecule has 0 aromatic heterocycles. The van der Waals surface area contributed by atoms with E-state index in [-0.39, 0.29) is 0 Å². The van der Waals surface area contributed by atoms with Crippen molar-refractivity contribution in [2.75, 3.05) is 27.8 Å². The summed E-state index contributed by atoms with van der Waals surface area (Å²) in [5.41, 5.74) is -0.110. The molecular weight excluding hydrogens is 314 g/mol. The highest BCUT2D eigenvalue weighted by Crippen LogP contribution is 2.50. The fraction of sp³-hybridized carbons (Fsp3) is 0.529. The Kier molecular flexibility index (Phi) is 4.00. The Bertz CT molecular complexity index is 673. The molecule has 1 heterocycles. The van der Waals surface area contributed by atoms with Gasteiger partial charge >= 0.3 is 0 Å². The van der Waals surface area contributed by atoms with Crippen molar-refractivity contribution in [3.8, 4) is 11.5 Å². The van der Waals surface area contributed by atoms with E-state index in [9.17, 15) is 20.4 Å². The van der Waals surface area contributed by atoms with Crippen LogP contribution in [0.3, 0.4) is 0 Å². The number of benzene rings is 1. The Hall–Kier alpha value is -1.80. The van der Waals surface area contributed by atoms with Crippen LogP contribution in [0.1, 0.15) is 12.0 Å². The molecule has 1 saturated heterocycles. The maximum Gasteiger partial charge on any atom is 0.214 e. The molecule has 0 radical (unpaired) electrons. The normalized spacial score (nSPS) is 32.2. The molecule has 0 bridgehead atoms. The number of nitrogens with zero attached hydrogens (tertiary/aromatic N) is 1. The van der Waals surface area contributed by atoms with Crippen molar-refractivity contribution in [1.82, 2.24) is 4.90 Å². The topological polar surface area (TPSA) is 103 Å². The van der Waals surface area contributed by atoms with Crippen molar-refractivity contribution in [2.45, 2.75) is 29.8 Å². The molecule has 3 atom stereocenters. The molecule has 1 aromatic rings. The van der Waals surface area contributed by atoms with Crippen molar-refractivity contribution in [3.63, 3.8) is 0 Å². The van der Waals surface area contributed by atoms with Crippen LogP contribution in [0, 0.1) is 0 Å². The summed E-state index contributed by atoms with van der Waals surface area (Å²) in [5.74, 6) is -1.85. The van der Waals surface area contributed by atoms with E-state index in [4.69, 9.17) is 9.47 Å². The number of hydrogen-bond acceptors (Lipinski definition) is 7. The van der Waals surface area contributed by atoms with Crippen molar-refractivity contribution in [1.29, 1.82) is 0 Å². The number of aliphatic hydroxyl groups is 4. The molecule has 7 heteroatoms. The summed E-state index contributed by atoms with van der Waals surface area (Å²) in [6, 6.07) is 4.51. The van der Waals surface area contributed by atoms with Gasteiger partial charge in [-0.15, -0.1) is 0 Å². The number of fused-ring (bicyclic) bond motifs is 1. The number of rotatable bonds is 3. The van der Waals surface area contributed by atoms with Gasteiger partial charge in [-0.3, -0.25) is 4.90 Å². The zero-order valence-electron chi connectivity index (χ0n) is 13.9. The van der Waals surface area contributed by atoms with Gasteiger partial charge in [-0.2, -0.15) is 0 Å². The van der Waals surface area contributed by atoms with Gasteiger partial charge in [0.05, 0.1) is 20.3 Å². The molecule has 1 aliphatic carbocycles. The zero-order chi connectivity index (χ0) is 17.7. The van der Waals surface area contributed by atoms with E-state index in [0.717, 1.165) is 5.56 Å². The first kappa shape index (κ1) is 17.0. The summed E-state index contributed by atoms with van der Waals surface area (Å²) in [6.45, 7) is 0.582. The number of hydrogen-bond donors (Lipinski definition) is 4. The third kappa shape index (κ3) is 2.20. The van der Waals surface area contributed by atoms with Gasteiger partial charge < -0.3 is 29.9 Å². The van der Waals surface area contributed by atoms with Gasteiger partial charge in [-0.05, 0) is 43.8 Å². The Morgan fingerprint density at radius 2 is 1.83 bits per heavy atom. The van der Waals surface area contributed by atoms with E-state index >= 15 is 0 Å². The van der Waals surface area contributed by atoms with E-state index in [0.29, 0.717) is 24.5 Å². The van der Waals surface area contributed by atoms with E-state index in [1.807, 2.05) is 6.07 Å². The Morgan fingerprint density at radius 1 is 1.17 bits per heavy atom.